The van der Waals surface area contributed by atoms with Crippen LogP contribution in [0.5, 0.6) is 0 Å². The summed E-state index contributed by atoms with van der Waals surface area (Å²) < 4.78 is 5.27. The Labute approximate surface area is 172 Å². The van der Waals surface area contributed by atoms with Crippen molar-refractivity contribution in [3.8, 4) is 0 Å². The van der Waals surface area contributed by atoms with Crippen molar-refractivity contribution in [1.29, 1.82) is 0 Å². The number of likely N-dealkylation sites (tertiary alicyclic amines) is 1. The van der Waals surface area contributed by atoms with E-state index in [4.69, 9.17) is 4.74 Å². The molecule has 0 aromatic heterocycles. The molecule has 1 aliphatic heterocycles. The lowest BCUT2D eigenvalue weighted by Gasteiger charge is -2.35. The van der Waals surface area contributed by atoms with Crippen LogP contribution in [-0.2, 0) is 19.1 Å². The fraction of sp³-hybridized carbons (Fsp3) is 0.800. The number of nitrogens with zero attached hydrogens (tertiary/aromatic N) is 1. The van der Waals surface area contributed by atoms with Gasteiger partial charge in [-0.25, -0.2) is 4.79 Å². The molecule has 0 aliphatic carbocycles. The number of carbonyl (C=O) groups excluding carboxylic acids is 4. The fourth-order valence-corrected chi connectivity index (χ4v) is 3.12. The van der Waals surface area contributed by atoms with Crippen LogP contribution in [0, 0.1) is 11.8 Å². The van der Waals surface area contributed by atoms with Crippen molar-refractivity contribution < 1.29 is 29.0 Å². The maximum Gasteiger partial charge on any atom is 0.408 e. The van der Waals surface area contributed by atoms with Crippen molar-refractivity contribution in [1.82, 2.24) is 15.5 Å². The Morgan fingerprint density at radius 2 is 1.62 bits per heavy atom. The molecule has 9 nitrogen and oxygen atoms in total. The third-order valence-corrected chi connectivity index (χ3v) is 4.59. The lowest BCUT2D eigenvalue weighted by atomic mass is 9.94. The summed E-state index contributed by atoms with van der Waals surface area (Å²) in [5.74, 6) is -2.06. The van der Waals surface area contributed by atoms with E-state index in [-0.39, 0.29) is 23.7 Å². The smallest absolute Gasteiger partial charge is 0.408 e. The molecule has 166 valence electrons. The van der Waals surface area contributed by atoms with Crippen LogP contribution in [0.4, 0.5) is 4.79 Å². The standard InChI is InChI=1S/C20H35N3O6/c1-12(2)11-15(22-19(28)29-20(4,5)6)17(25)23-9-7-14(8-10-23)16(24)21-13(3)18(26)27/h12-15H,7-11H2,1-6H3,(H,21,24)(H,22,28)(H,26,27)/p-1/t13-,15-/m0/s1. The van der Waals surface area contributed by atoms with Gasteiger partial charge in [0.15, 0.2) is 0 Å². The number of carboxylic acids is 1. The fourth-order valence-electron chi connectivity index (χ4n) is 3.12. The summed E-state index contributed by atoms with van der Waals surface area (Å²) in [5, 5.41) is 15.9. The van der Waals surface area contributed by atoms with Crippen LogP contribution in [0.3, 0.4) is 0 Å². The van der Waals surface area contributed by atoms with Gasteiger partial charge >= 0.3 is 6.09 Å². The molecule has 0 unspecified atom stereocenters. The van der Waals surface area contributed by atoms with Gasteiger partial charge < -0.3 is 30.2 Å². The predicted molar refractivity (Wildman–Crippen MR) is 105 cm³/mol. The molecule has 0 bridgehead atoms. The van der Waals surface area contributed by atoms with Crippen LogP contribution in [0.2, 0.25) is 0 Å². The highest BCUT2D eigenvalue weighted by Crippen LogP contribution is 2.20. The van der Waals surface area contributed by atoms with Crippen molar-refractivity contribution >= 4 is 23.9 Å². The maximum absolute atomic E-state index is 12.9. The average molecular weight is 413 g/mol. The second-order valence-corrected chi connectivity index (χ2v) is 8.98. The first-order chi connectivity index (χ1) is 13.3. The summed E-state index contributed by atoms with van der Waals surface area (Å²) in [5.41, 5.74) is -0.663. The van der Waals surface area contributed by atoms with E-state index in [1.54, 1.807) is 25.7 Å². The van der Waals surface area contributed by atoms with E-state index >= 15 is 0 Å². The number of carboxylic acid groups (broad SMARTS) is 1. The van der Waals surface area contributed by atoms with Gasteiger partial charge in [0.2, 0.25) is 11.8 Å². The topological polar surface area (TPSA) is 128 Å². The Morgan fingerprint density at radius 3 is 2.07 bits per heavy atom. The van der Waals surface area contributed by atoms with Crippen LogP contribution >= 0.6 is 0 Å². The second-order valence-electron chi connectivity index (χ2n) is 8.98. The van der Waals surface area contributed by atoms with E-state index in [1.807, 2.05) is 13.8 Å². The van der Waals surface area contributed by atoms with E-state index in [1.165, 1.54) is 6.92 Å². The van der Waals surface area contributed by atoms with E-state index < -0.39 is 29.7 Å². The summed E-state index contributed by atoms with van der Waals surface area (Å²) in [6.45, 7) is 11.3. The molecule has 0 radical (unpaired) electrons. The van der Waals surface area contributed by atoms with Gasteiger partial charge in [0.05, 0.1) is 12.0 Å². The molecule has 29 heavy (non-hydrogen) atoms. The van der Waals surface area contributed by atoms with Gasteiger partial charge in [0, 0.05) is 19.0 Å². The number of aliphatic carboxylic acids is 1. The molecule has 1 aliphatic rings. The average Bonchev–Trinajstić information content (AvgIpc) is 2.58. The molecule has 0 aromatic rings. The molecule has 1 rings (SSSR count). The summed E-state index contributed by atoms with van der Waals surface area (Å²) in [6.07, 6.45) is 0.694. The molecule has 1 heterocycles. The molecule has 1 saturated heterocycles. The minimum absolute atomic E-state index is 0.188. The molecular weight excluding hydrogens is 378 g/mol. The van der Waals surface area contributed by atoms with E-state index in [9.17, 15) is 24.3 Å². The van der Waals surface area contributed by atoms with Gasteiger partial charge in [-0.1, -0.05) is 13.8 Å². The SMILES string of the molecule is CC(C)C[C@H](NC(=O)OC(C)(C)C)C(=O)N1CCC(C(=O)N[C@@H](C)C(=O)[O-])CC1. The third kappa shape index (κ3) is 8.70. The summed E-state index contributed by atoms with van der Waals surface area (Å²) in [7, 11) is 0. The highest BCUT2D eigenvalue weighted by molar-refractivity contribution is 5.87. The van der Waals surface area contributed by atoms with Crippen LogP contribution in [0.25, 0.3) is 0 Å². The van der Waals surface area contributed by atoms with Gasteiger partial charge in [-0.15, -0.1) is 0 Å². The third-order valence-electron chi connectivity index (χ3n) is 4.59. The second kappa shape index (κ2) is 10.5. The zero-order valence-corrected chi connectivity index (χ0v) is 18.2. The Bertz CT molecular complexity index is 606. The first kappa shape index (κ1) is 24.7. The molecule has 3 amide bonds. The number of amides is 3. The summed E-state index contributed by atoms with van der Waals surface area (Å²) >= 11 is 0. The van der Waals surface area contributed by atoms with Crippen molar-refractivity contribution in [2.75, 3.05) is 13.1 Å². The lowest BCUT2D eigenvalue weighted by molar-refractivity contribution is -0.307. The van der Waals surface area contributed by atoms with Gasteiger partial charge in [0.25, 0.3) is 0 Å². The van der Waals surface area contributed by atoms with Crippen LogP contribution in [0.1, 0.15) is 60.8 Å². The summed E-state index contributed by atoms with van der Waals surface area (Å²) in [6, 6.07) is -1.76. The van der Waals surface area contributed by atoms with Crippen LogP contribution in [-0.4, -0.2) is 59.6 Å². The molecule has 9 heteroatoms. The molecule has 0 spiro atoms. The van der Waals surface area contributed by atoms with Crippen molar-refractivity contribution in [2.45, 2.75) is 78.5 Å². The van der Waals surface area contributed by atoms with E-state index in [0.717, 1.165) is 0 Å². The quantitative estimate of drug-likeness (QED) is 0.624. The molecule has 2 atom stereocenters. The minimum atomic E-state index is -1.34. The monoisotopic (exact) mass is 412 g/mol. The first-order valence-corrected chi connectivity index (χ1v) is 10.1. The number of nitrogens with one attached hydrogen (secondary N) is 2. The maximum atomic E-state index is 12.9. The van der Waals surface area contributed by atoms with Crippen molar-refractivity contribution in [3.05, 3.63) is 0 Å². The number of carbonyl (C=O) groups is 4. The Kier molecular flexibility index (Phi) is 8.91. The Morgan fingerprint density at radius 1 is 1.07 bits per heavy atom. The highest BCUT2D eigenvalue weighted by atomic mass is 16.6. The normalized spacial score (nSPS) is 17.4. The van der Waals surface area contributed by atoms with Gasteiger partial charge in [-0.2, -0.15) is 0 Å². The zero-order valence-electron chi connectivity index (χ0n) is 18.2. The largest absolute Gasteiger partial charge is 0.548 e. The Balaban J connectivity index is 2.66. The molecule has 0 saturated carbocycles. The lowest BCUT2D eigenvalue weighted by Crippen LogP contribution is -2.53. The van der Waals surface area contributed by atoms with E-state index in [2.05, 4.69) is 10.6 Å². The first-order valence-electron chi connectivity index (χ1n) is 10.1. The predicted octanol–water partition coefficient (Wildman–Crippen LogP) is 0.419. The highest BCUT2D eigenvalue weighted by Gasteiger charge is 2.33. The van der Waals surface area contributed by atoms with Gasteiger partial charge in [0.1, 0.15) is 11.6 Å². The van der Waals surface area contributed by atoms with Crippen molar-refractivity contribution in [3.63, 3.8) is 0 Å². The van der Waals surface area contributed by atoms with E-state index in [0.29, 0.717) is 32.4 Å². The Hall–Kier alpha value is -2.32. The number of alkyl carbamates (subject to hydrolysis) is 1. The summed E-state index contributed by atoms with van der Waals surface area (Å²) in [4.78, 5) is 49.7. The number of hydrogen-bond acceptors (Lipinski definition) is 6. The number of hydrogen-bond donors (Lipinski definition) is 2. The van der Waals surface area contributed by atoms with Gasteiger partial charge in [-0.05, 0) is 52.9 Å². The zero-order chi connectivity index (χ0) is 22.4. The van der Waals surface area contributed by atoms with Crippen molar-refractivity contribution in [2.24, 2.45) is 11.8 Å². The molecular formula is C20H34N3O6-. The number of piperidine rings is 1. The van der Waals surface area contributed by atoms with Crippen LogP contribution < -0.4 is 15.7 Å². The van der Waals surface area contributed by atoms with Gasteiger partial charge in [-0.3, -0.25) is 9.59 Å². The van der Waals surface area contributed by atoms with Crippen LogP contribution in [0.15, 0.2) is 0 Å². The molecule has 2 N–H and O–H groups in total. The minimum Gasteiger partial charge on any atom is -0.548 e. The molecule has 1 fully saturated rings. The number of ether oxygens (including phenoxy) is 1. The molecule has 0 aromatic carbocycles. The number of rotatable bonds is 7.